The van der Waals surface area contributed by atoms with E-state index in [2.05, 4.69) is 15.5 Å². The fourth-order valence-electron chi connectivity index (χ4n) is 4.43. The first kappa shape index (κ1) is 19.8. The van der Waals surface area contributed by atoms with Crippen LogP contribution in [0, 0.1) is 6.92 Å². The molecule has 156 valence electrons. The second-order valence-electron chi connectivity index (χ2n) is 7.94. The number of methoxy groups -OCH3 is 1. The van der Waals surface area contributed by atoms with Gasteiger partial charge in [-0.1, -0.05) is 0 Å². The molecule has 1 amide bonds. The number of aryl methyl sites for hydroxylation is 1. The Kier molecular flexibility index (Phi) is 5.51. The summed E-state index contributed by atoms with van der Waals surface area (Å²) in [5.41, 5.74) is 0.787. The Hall–Kier alpha value is -2.52. The zero-order chi connectivity index (χ0) is 20.5. The highest BCUT2D eigenvalue weighted by atomic mass is 16.5. The van der Waals surface area contributed by atoms with Crippen LogP contribution in [0.5, 0.6) is 0 Å². The molecule has 1 fully saturated rings. The van der Waals surface area contributed by atoms with Crippen molar-refractivity contribution < 1.29 is 9.53 Å². The molecule has 1 N–H and O–H groups in total. The van der Waals surface area contributed by atoms with Crippen molar-refractivity contribution >= 4 is 5.91 Å². The molecule has 0 bridgehead atoms. The third kappa shape index (κ3) is 3.60. The van der Waals surface area contributed by atoms with Crippen LogP contribution < -0.4 is 10.9 Å². The van der Waals surface area contributed by atoms with Crippen molar-refractivity contribution in [2.75, 3.05) is 26.7 Å². The van der Waals surface area contributed by atoms with Crippen LogP contribution in [0.3, 0.4) is 0 Å². The van der Waals surface area contributed by atoms with Gasteiger partial charge in [-0.2, -0.15) is 0 Å². The quantitative estimate of drug-likeness (QED) is 0.824. The minimum Gasteiger partial charge on any atom is -0.377 e. The number of pyridine rings is 1. The molecule has 0 aliphatic carbocycles. The molecule has 9 nitrogen and oxygen atoms in total. The second kappa shape index (κ2) is 8.08. The SMILES string of the molecule is COCc1nnc2n1[C@@H](C)CN(C(=O)c1c(C)ccn(C3CCNCC3)c1=O)C2. The van der Waals surface area contributed by atoms with Crippen LogP contribution >= 0.6 is 0 Å². The molecule has 0 radical (unpaired) electrons. The minimum atomic E-state index is -0.231. The largest absolute Gasteiger partial charge is 0.377 e. The van der Waals surface area contributed by atoms with Crippen molar-refractivity contribution in [1.29, 1.82) is 0 Å². The second-order valence-corrected chi connectivity index (χ2v) is 7.94. The average Bonchev–Trinajstić information content (AvgIpc) is 3.12. The lowest BCUT2D eigenvalue weighted by Gasteiger charge is -2.33. The molecule has 29 heavy (non-hydrogen) atoms. The molecule has 2 aromatic rings. The number of aromatic nitrogens is 4. The van der Waals surface area contributed by atoms with Crippen LogP contribution in [-0.4, -0.2) is 56.9 Å². The number of ether oxygens (including phenoxy) is 1. The fraction of sp³-hybridized carbons (Fsp3) is 0.600. The molecule has 1 saturated heterocycles. The van der Waals surface area contributed by atoms with E-state index in [-0.39, 0.29) is 29.1 Å². The number of piperidine rings is 1. The Morgan fingerprint density at radius 2 is 2.07 bits per heavy atom. The van der Waals surface area contributed by atoms with E-state index in [0.29, 0.717) is 25.3 Å². The topological polar surface area (TPSA) is 94.3 Å². The summed E-state index contributed by atoms with van der Waals surface area (Å²) in [5, 5.41) is 11.7. The van der Waals surface area contributed by atoms with Crippen LogP contribution in [0.25, 0.3) is 0 Å². The maximum atomic E-state index is 13.4. The first-order valence-corrected chi connectivity index (χ1v) is 10.1. The molecule has 2 aromatic heterocycles. The summed E-state index contributed by atoms with van der Waals surface area (Å²) >= 11 is 0. The summed E-state index contributed by atoms with van der Waals surface area (Å²) in [6.45, 7) is 6.84. The van der Waals surface area contributed by atoms with Crippen LogP contribution in [0.1, 0.15) is 59.4 Å². The number of rotatable bonds is 4. The molecule has 2 aliphatic heterocycles. The number of carbonyl (C=O) groups is 1. The van der Waals surface area contributed by atoms with E-state index >= 15 is 0 Å². The Morgan fingerprint density at radius 3 is 2.79 bits per heavy atom. The van der Waals surface area contributed by atoms with E-state index in [0.717, 1.165) is 37.6 Å². The van der Waals surface area contributed by atoms with Crippen molar-refractivity contribution in [2.24, 2.45) is 0 Å². The molecule has 4 rings (SSSR count). The molecular formula is C20H28N6O3. The van der Waals surface area contributed by atoms with Crippen molar-refractivity contribution in [2.45, 2.75) is 51.9 Å². The van der Waals surface area contributed by atoms with Crippen LogP contribution in [0.2, 0.25) is 0 Å². The smallest absolute Gasteiger partial charge is 0.263 e. The van der Waals surface area contributed by atoms with Gasteiger partial charge in [-0.05, 0) is 51.4 Å². The summed E-state index contributed by atoms with van der Waals surface area (Å²) in [5.74, 6) is 1.24. The predicted octanol–water partition coefficient (Wildman–Crippen LogP) is 1.04. The molecule has 0 spiro atoms. The Morgan fingerprint density at radius 1 is 1.31 bits per heavy atom. The third-order valence-corrected chi connectivity index (χ3v) is 5.90. The number of amides is 1. The Balaban J connectivity index is 1.63. The van der Waals surface area contributed by atoms with Crippen molar-refractivity contribution in [3.05, 3.63) is 45.4 Å². The van der Waals surface area contributed by atoms with Gasteiger partial charge in [0.05, 0.1) is 12.6 Å². The number of fused-ring (bicyclic) bond motifs is 1. The van der Waals surface area contributed by atoms with Crippen LogP contribution in [0.4, 0.5) is 0 Å². The highest BCUT2D eigenvalue weighted by Crippen LogP contribution is 2.24. The number of carbonyl (C=O) groups excluding carboxylic acids is 1. The third-order valence-electron chi connectivity index (χ3n) is 5.90. The van der Waals surface area contributed by atoms with Gasteiger partial charge in [0.2, 0.25) is 0 Å². The molecule has 0 aromatic carbocycles. The summed E-state index contributed by atoms with van der Waals surface area (Å²) < 4.78 is 8.96. The predicted molar refractivity (Wildman–Crippen MR) is 107 cm³/mol. The van der Waals surface area contributed by atoms with Crippen LogP contribution in [-0.2, 0) is 17.9 Å². The molecule has 0 saturated carbocycles. The zero-order valence-electron chi connectivity index (χ0n) is 17.2. The van der Waals surface area contributed by atoms with E-state index in [1.165, 1.54) is 0 Å². The van der Waals surface area contributed by atoms with Crippen LogP contribution in [0.15, 0.2) is 17.1 Å². The van der Waals surface area contributed by atoms with Crippen molar-refractivity contribution in [1.82, 2.24) is 29.5 Å². The molecule has 4 heterocycles. The number of nitrogens with zero attached hydrogens (tertiary/aromatic N) is 5. The van der Waals surface area contributed by atoms with E-state index in [4.69, 9.17) is 4.74 Å². The molecule has 1 atom stereocenters. The Bertz CT molecular complexity index is 960. The summed E-state index contributed by atoms with van der Waals surface area (Å²) in [6.07, 6.45) is 3.61. The molecule has 0 unspecified atom stereocenters. The number of hydrogen-bond donors (Lipinski definition) is 1. The highest BCUT2D eigenvalue weighted by Gasteiger charge is 2.32. The summed E-state index contributed by atoms with van der Waals surface area (Å²) in [4.78, 5) is 28.3. The van der Waals surface area contributed by atoms with E-state index in [9.17, 15) is 9.59 Å². The summed E-state index contributed by atoms with van der Waals surface area (Å²) in [7, 11) is 1.62. The highest BCUT2D eigenvalue weighted by molar-refractivity contribution is 5.95. The lowest BCUT2D eigenvalue weighted by Crippen LogP contribution is -2.44. The average molecular weight is 400 g/mol. The maximum absolute atomic E-state index is 13.4. The number of nitrogens with one attached hydrogen (secondary N) is 1. The summed E-state index contributed by atoms with van der Waals surface area (Å²) in [6, 6.07) is 2.03. The molecule has 2 aliphatic rings. The van der Waals surface area contributed by atoms with Gasteiger partial charge in [0.25, 0.3) is 11.5 Å². The first-order valence-electron chi connectivity index (χ1n) is 10.1. The van der Waals surface area contributed by atoms with Gasteiger partial charge < -0.3 is 24.1 Å². The van der Waals surface area contributed by atoms with Gasteiger partial charge in [-0.3, -0.25) is 9.59 Å². The minimum absolute atomic E-state index is 0.0125. The van der Waals surface area contributed by atoms with Gasteiger partial charge in [0, 0.05) is 25.9 Å². The molecule has 9 heteroatoms. The van der Waals surface area contributed by atoms with Gasteiger partial charge in [0.1, 0.15) is 12.2 Å². The van der Waals surface area contributed by atoms with Gasteiger partial charge in [-0.15, -0.1) is 10.2 Å². The van der Waals surface area contributed by atoms with Gasteiger partial charge in [-0.25, -0.2) is 0 Å². The maximum Gasteiger partial charge on any atom is 0.263 e. The van der Waals surface area contributed by atoms with E-state index in [1.807, 2.05) is 30.7 Å². The van der Waals surface area contributed by atoms with Gasteiger partial charge >= 0.3 is 0 Å². The van der Waals surface area contributed by atoms with Crippen molar-refractivity contribution in [3.8, 4) is 0 Å². The van der Waals surface area contributed by atoms with Gasteiger partial charge in [0.15, 0.2) is 11.6 Å². The standard InChI is InChI=1S/C20H28N6O3/c1-13-6-9-25(15-4-7-21-8-5-15)20(28)18(13)19(27)24-10-14(2)26-16(11-24)22-23-17(26)12-29-3/h6,9,14-15,21H,4-5,7-8,10-12H2,1-3H3/t14-/m0/s1. The molecular weight excluding hydrogens is 372 g/mol. The van der Waals surface area contributed by atoms with E-state index in [1.54, 1.807) is 16.6 Å². The normalized spacial score (nSPS) is 20.0. The lowest BCUT2D eigenvalue weighted by atomic mass is 10.0. The first-order chi connectivity index (χ1) is 14.0. The number of hydrogen-bond acceptors (Lipinski definition) is 6. The Labute approximate surface area is 169 Å². The van der Waals surface area contributed by atoms with E-state index < -0.39 is 0 Å². The zero-order valence-corrected chi connectivity index (χ0v) is 17.2. The fourth-order valence-corrected chi connectivity index (χ4v) is 4.43. The van der Waals surface area contributed by atoms with Crippen molar-refractivity contribution in [3.63, 3.8) is 0 Å². The lowest BCUT2D eigenvalue weighted by molar-refractivity contribution is 0.0671. The monoisotopic (exact) mass is 400 g/mol.